The van der Waals surface area contributed by atoms with Gasteiger partial charge in [-0.1, -0.05) is 42.5 Å². The van der Waals surface area contributed by atoms with Crippen LogP contribution in [0.1, 0.15) is 18.4 Å². The first-order valence-electron chi connectivity index (χ1n) is 8.88. The second-order valence-corrected chi connectivity index (χ2v) is 8.30. The standard InChI is InChI=1S/C20H25N2O3S/c1-21-12-13-22(17-21)11-4-5-15-26(23,24)25-14-10-18-8-9-19-6-2-3-7-20(19)16-18/h2-3,6-9,12-13,16-17H,4-5,10-11,14-15H2,1H3/q+1. The molecule has 0 unspecified atom stereocenters. The van der Waals surface area contributed by atoms with E-state index in [0.717, 1.165) is 23.9 Å². The fourth-order valence-electron chi connectivity index (χ4n) is 2.95. The molecule has 5 nitrogen and oxygen atoms in total. The van der Waals surface area contributed by atoms with Crippen molar-refractivity contribution in [2.45, 2.75) is 25.8 Å². The molecule has 0 radical (unpaired) electrons. The van der Waals surface area contributed by atoms with Crippen LogP contribution in [0.25, 0.3) is 10.8 Å². The molecule has 0 N–H and O–H groups in total. The lowest BCUT2D eigenvalue weighted by Crippen LogP contribution is -2.31. The zero-order valence-electron chi connectivity index (χ0n) is 15.0. The lowest BCUT2D eigenvalue weighted by Gasteiger charge is -2.06. The minimum absolute atomic E-state index is 0.0676. The number of aromatic nitrogens is 2. The van der Waals surface area contributed by atoms with Gasteiger partial charge in [0.2, 0.25) is 6.33 Å². The molecule has 6 heteroatoms. The van der Waals surface area contributed by atoms with E-state index in [1.807, 2.05) is 53.1 Å². The van der Waals surface area contributed by atoms with E-state index in [9.17, 15) is 8.42 Å². The van der Waals surface area contributed by atoms with E-state index in [-0.39, 0.29) is 12.4 Å². The van der Waals surface area contributed by atoms with E-state index in [1.165, 1.54) is 5.39 Å². The highest BCUT2D eigenvalue weighted by Gasteiger charge is 2.11. The summed E-state index contributed by atoms with van der Waals surface area (Å²) in [5.74, 6) is 0.0676. The van der Waals surface area contributed by atoms with E-state index >= 15 is 0 Å². The summed E-state index contributed by atoms with van der Waals surface area (Å²) in [6, 6.07) is 14.3. The molecule has 0 spiro atoms. The Labute approximate surface area is 155 Å². The number of hydrogen-bond donors (Lipinski definition) is 0. The lowest BCUT2D eigenvalue weighted by atomic mass is 10.1. The topological polar surface area (TPSA) is 52.2 Å². The molecule has 0 fully saturated rings. The Morgan fingerprint density at radius 3 is 2.65 bits per heavy atom. The van der Waals surface area contributed by atoms with Crippen LogP contribution in [0.3, 0.4) is 0 Å². The molecule has 138 valence electrons. The second kappa shape index (κ2) is 8.47. The third-order valence-electron chi connectivity index (χ3n) is 4.35. The highest BCUT2D eigenvalue weighted by molar-refractivity contribution is 7.86. The van der Waals surface area contributed by atoms with Gasteiger partial charge in [0.1, 0.15) is 12.4 Å². The average molecular weight is 373 g/mol. The number of hydrogen-bond acceptors (Lipinski definition) is 3. The van der Waals surface area contributed by atoms with Crippen molar-refractivity contribution in [1.29, 1.82) is 0 Å². The van der Waals surface area contributed by atoms with Gasteiger partial charge in [0.15, 0.2) is 0 Å². The van der Waals surface area contributed by atoms with Crippen molar-refractivity contribution in [2.75, 3.05) is 12.4 Å². The molecule has 0 saturated carbocycles. The number of rotatable bonds is 9. The number of fused-ring (bicyclic) bond motifs is 1. The van der Waals surface area contributed by atoms with Crippen molar-refractivity contribution in [1.82, 2.24) is 4.57 Å². The summed E-state index contributed by atoms with van der Waals surface area (Å²) >= 11 is 0. The number of benzene rings is 2. The van der Waals surface area contributed by atoms with Crippen LogP contribution < -0.4 is 4.57 Å². The smallest absolute Gasteiger partial charge is 0.267 e. The molecule has 3 aromatic rings. The first kappa shape index (κ1) is 18.6. The zero-order chi connectivity index (χ0) is 18.4. The Balaban J connectivity index is 1.41. The third-order valence-corrected chi connectivity index (χ3v) is 5.67. The molecule has 1 heterocycles. The van der Waals surface area contributed by atoms with Crippen molar-refractivity contribution in [2.24, 2.45) is 7.05 Å². The maximum Gasteiger partial charge on any atom is 0.267 e. The van der Waals surface area contributed by atoms with Crippen molar-refractivity contribution in [3.8, 4) is 0 Å². The molecule has 0 saturated heterocycles. The summed E-state index contributed by atoms with van der Waals surface area (Å²) in [6.07, 6.45) is 7.92. The van der Waals surface area contributed by atoms with Gasteiger partial charge in [-0.25, -0.2) is 9.13 Å². The van der Waals surface area contributed by atoms with Crippen molar-refractivity contribution < 1.29 is 17.2 Å². The maximum atomic E-state index is 12.0. The van der Waals surface area contributed by atoms with E-state index in [0.29, 0.717) is 12.8 Å². The monoisotopic (exact) mass is 373 g/mol. The van der Waals surface area contributed by atoms with E-state index in [1.54, 1.807) is 0 Å². The largest absolute Gasteiger partial charge is 0.270 e. The van der Waals surface area contributed by atoms with Gasteiger partial charge in [-0.3, -0.25) is 4.18 Å². The molecule has 0 amide bonds. The van der Waals surface area contributed by atoms with Crippen molar-refractivity contribution in [3.63, 3.8) is 0 Å². The Bertz CT molecular complexity index is 964. The number of unbranched alkanes of at least 4 members (excludes halogenated alkanes) is 1. The Hall–Kier alpha value is -2.18. The molecular formula is C20H25N2O3S+. The van der Waals surface area contributed by atoms with Crippen molar-refractivity contribution in [3.05, 3.63) is 66.7 Å². The van der Waals surface area contributed by atoms with E-state index in [2.05, 4.69) is 24.3 Å². The SMILES string of the molecule is Cn1cc[n+](CCCCS(=O)(=O)OCCc2ccc3ccccc3c2)c1. The van der Waals surface area contributed by atoms with Crippen molar-refractivity contribution >= 4 is 20.9 Å². The second-order valence-electron chi connectivity index (χ2n) is 6.54. The third kappa shape index (κ3) is 5.41. The van der Waals surface area contributed by atoms with Gasteiger partial charge in [0.25, 0.3) is 10.1 Å². The minimum atomic E-state index is -3.46. The molecule has 3 rings (SSSR count). The first-order chi connectivity index (χ1) is 12.5. The van der Waals surface area contributed by atoms with E-state index in [4.69, 9.17) is 4.18 Å². The fraction of sp³-hybridized carbons (Fsp3) is 0.350. The van der Waals surface area contributed by atoms with Crippen LogP contribution in [-0.2, 0) is 34.3 Å². The molecule has 2 aromatic carbocycles. The molecule has 0 aliphatic carbocycles. The van der Waals surface area contributed by atoms with Crippen LogP contribution in [0.15, 0.2) is 61.2 Å². The van der Waals surface area contributed by atoms with Crippen LogP contribution in [0.4, 0.5) is 0 Å². The Morgan fingerprint density at radius 1 is 1.08 bits per heavy atom. The van der Waals surface area contributed by atoms with Gasteiger partial charge < -0.3 is 0 Å². The van der Waals surface area contributed by atoms with Gasteiger partial charge in [-0.05, 0) is 35.6 Å². The summed E-state index contributed by atoms with van der Waals surface area (Å²) in [6.45, 7) is 1.00. The predicted octanol–water partition coefficient (Wildman–Crippen LogP) is 2.84. The lowest BCUT2D eigenvalue weighted by molar-refractivity contribution is -0.696. The molecule has 0 aliphatic heterocycles. The van der Waals surface area contributed by atoms with Crippen LogP contribution in [0, 0.1) is 0 Å². The average Bonchev–Trinajstić information content (AvgIpc) is 3.04. The van der Waals surface area contributed by atoms with Gasteiger partial charge in [-0.2, -0.15) is 8.42 Å². The predicted molar refractivity (Wildman–Crippen MR) is 102 cm³/mol. The first-order valence-corrected chi connectivity index (χ1v) is 10.5. The van der Waals surface area contributed by atoms with Gasteiger partial charge >= 0.3 is 0 Å². The summed E-state index contributed by atoms with van der Waals surface area (Å²) in [5.41, 5.74) is 1.08. The normalized spacial score (nSPS) is 11.9. The van der Waals surface area contributed by atoms with Gasteiger partial charge in [0.05, 0.1) is 26.0 Å². The van der Waals surface area contributed by atoms with Gasteiger partial charge in [0, 0.05) is 0 Å². The van der Waals surface area contributed by atoms with Crippen LogP contribution in [0.2, 0.25) is 0 Å². The zero-order valence-corrected chi connectivity index (χ0v) is 15.9. The number of nitrogens with zero attached hydrogens (tertiary/aromatic N) is 2. The van der Waals surface area contributed by atoms with Crippen LogP contribution in [0.5, 0.6) is 0 Å². The summed E-state index contributed by atoms with van der Waals surface area (Å²) in [7, 11) is -1.50. The number of imidazole rings is 1. The molecule has 26 heavy (non-hydrogen) atoms. The Morgan fingerprint density at radius 2 is 1.88 bits per heavy atom. The minimum Gasteiger partial charge on any atom is -0.270 e. The van der Waals surface area contributed by atoms with Gasteiger partial charge in [-0.15, -0.1) is 0 Å². The Kier molecular flexibility index (Phi) is 6.06. The van der Waals surface area contributed by atoms with E-state index < -0.39 is 10.1 Å². The highest BCUT2D eigenvalue weighted by Crippen LogP contribution is 2.16. The molecular weight excluding hydrogens is 348 g/mol. The quantitative estimate of drug-likeness (QED) is 0.329. The maximum absolute atomic E-state index is 12.0. The molecule has 1 aromatic heterocycles. The number of aryl methyl sites for hydroxylation is 2. The molecule has 0 aliphatic rings. The molecule has 0 atom stereocenters. The summed E-state index contributed by atoms with van der Waals surface area (Å²) in [5, 5.41) is 2.34. The summed E-state index contributed by atoms with van der Waals surface area (Å²) < 4.78 is 33.2. The fourth-order valence-corrected chi connectivity index (χ4v) is 3.96. The van der Waals surface area contributed by atoms with Crippen LogP contribution >= 0.6 is 0 Å². The van der Waals surface area contributed by atoms with Crippen LogP contribution in [-0.4, -0.2) is 25.3 Å². The highest BCUT2D eigenvalue weighted by atomic mass is 32.2. The molecule has 0 bridgehead atoms. The summed E-state index contributed by atoms with van der Waals surface area (Å²) in [4.78, 5) is 0.